The van der Waals surface area contributed by atoms with Crippen LogP contribution in [0.15, 0.2) is 78.0 Å². The number of carbonyl (C=O) groups is 1. The molecule has 0 saturated carbocycles. The Balaban J connectivity index is 1.49. The van der Waals surface area contributed by atoms with Crippen LogP contribution in [0.25, 0.3) is 5.69 Å². The Morgan fingerprint density at radius 1 is 1.09 bits per heavy atom. The van der Waals surface area contributed by atoms with Crippen molar-refractivity contribution >= 4 is 63.2 Å². The Morgan fingerprint density at radius 2 is 1.85 bits per heavy atom. The van der Waals surface area contributed by atoms with Crippen molar-refractivity contribution in [1.29, 1.82) is 0 Å². The number of aromatic nitrogens is 3. The van der Waals surface area contributed by atoms with Gasteiger partial charge in [-0.25, -0.2) is 0 Å². The second kappa shape index (κ2) is 11.6. The topological polar surface area (TPSA) is 81.1 Å². The molecule has 0 aliphatic rings. The van der Waals surface area contributed by atoms with Gasteiger partial charge in [-0.2, -0.15) is 0 Å². The number of hydrogen-bond acceptors (Lipinski definition) is 6. The summed E-state index contributed by atoms with van der Waals surface area (Å²) in [5.41, 5.74) is 2.44. The van der Waals surface area contributed by atoms with Crippen LogP contribution in [-0.4, -0.2) is 33.5 Å². The Morgan fingerprint density at radius 3 is 2.59 bits per heavy atom. The Kier molecular flexibility index (Phi) is 8.30. The molecule has 0 unspecified atom stereocenters. The summed E-state index contributed by atoms with van der Waals surface area (Å²) in [6.45, 7) is 0.481. The van der Waals surface area contributed by atoms with Crippen LogP contribution in [0.3, 0.4) is 0 Å². The first-order valence-corrected chi connectivity index (χ1v) is 12.7. The molecule has 2 N–H and O–H groups in total. The van der Waals surface area contributed by atoms with E-state index < -0.39 is 0 Å². The zero-order chi connectivity index (χ0) is 23.9. The Hall–Kier alpha value is -2.76. The zero-order valence-corrected chi connectivity index (χ0v) is 21.9. The number of hydrogen-bond donors (Lipinski definition) is 2. The molecule has 4 rings (SSSR count). The maximum absolute atomic E-state index is 12.7. The highest BCUT2D eigenvalue weighted by atomic mass is 127. The van der Waals surface area contributed by atoms with E-state index >= 15 is 0 Å². The van der Waals surface area contributed by atoms with Crippen molar-refractivity contribution in [2.24, 2.45) is 0 Å². The van der Waals surface area contributed by atoms with Crippen molar-refractivity contribution in [2.75, 3.05) is 23.5 Å². The van der Waals surface area contributed by atoms with Gasteiger partial charge in [-0.15, -0.1) is 10.2 Å². The smallest absolute Gasteiger partial charge is 0.234 e. The molecule has 1 aromatic heterocycles. The van der Waals surface area contributed by atoms with E-state index in [9.17, 15) is 4.79 Å². The van der Waals surface area contributed by atoms with E-state index in [0.29, 0.717) is 28.2 Å². The van der Waals surface area contributed by atoms with Crippen LogP contribution in [0.2, 0.25) is 5.02 Å². The number of benzene rings is 3. The van der Waals surface area contributed by atoms with Gasteiger partial charge in [0.25, 0.3) is 0 Å². The van der Waals surface area contributed by atoms with Crippen molar-refractivity contribution in [2.45, 2.75) is 11.7 Å². The summed E-state index contributed by atoms with van der Waals surface area (Å²) >= 11 is 9.65. The lowest BCUT2D eigenvalue weighted by Gasteiger charge is -2.12. The third-order valence-corrected chi connectivity index (χ3v) is 6.66. The van der Waals surface area contributed by atoms with Gasteiger partial charge >= 0.3 is 0 Å². The standard InChI is InChI=1S/C24H21ClIN5O2S/c1-33-21-12-7-16(25)13-20(21)28-23(32)15-34-24-30-29-22(31(24)19-5-3-2-4-6-19)14-27-18-10-8-17(26)9-11-18/h2-13,27H,14-15H2,1H3,(H,28,32). The van der Waals surface area contributed by atoms with E-state index in [-0.39, 0.29) is 11.7 Å². The van der Waals surface area contributed by atoms with E-state index in [1.165, 1.54) is 15.3 Å². The lowest BCUT2D eigenvalue weighted by molar-refractivity contribution is -0.113. The Labute approximate surface area is 220 Å². The minimum atomic E-state index is -0.202. The normalized spacial score (nSPS) is 10.7. The molecule has 0 aliphatic heterocycles. The summed E-state index contributed by atoms with van der Waals surface area (Å²) in [5.74, 6) is 1.22. The average molecular weight is 606 g/mol. The molecule has 0 spiro atoms. The molecule has 0 aliphatic carbocycles. The zero-order valence-electron chi connectivity index (χ0n) is 18.2. The number of thioether (sulfide) groups is 1. The van der Waals surface area contributed by atoms with Crippen molar-refractivity contribution in [3.05, 3.63) is 87.2 Å². The molecule has 34 heavy (non-hydrogen) atoms. The summed E-state index contributed by atoms with van der Waals surface area (Å²) in [6, 6.07) is 23.0. The summed E-state index contributed by atoms with van der Waals surface area (Å²) in [5, 5.41) is 16.1. The molecular weight excluding hydrogens is 585 g/mol. The molecular formula is C24H21ClIN5O2S. The first-order valence-electron chi connectivity index (χ1n) is 10.3. The van der Waals surface area contributed by atoms with E-state index in [2.05, 4.69) is 43.4 Å². The molecule has 4 aromatic rings. The van der Waals surface area contributed by atoms with Crippen molar-refractivity contribution in [1.82, 2.24) is 14.8 Å². The SMILES string of the molecule is COc1ccc(Cl)cc1NC(=O)CSc1nnc(CNc2ccc(I)cc2)n1-c1ccccc1. The van der Waals surface area contributed by atoms with Crippen LogP contribution in [0.1, 0.15) is 5.82 Å². The second-order valence-corrected chi connectivity index (χ2v) is 9.74. The predicted molar refractivity (Wildman–Crippen MR) is 145 cm³/mol. The van der Waals surface area contributed by atoms with Gasteiger partial charge in [-0.05, 0) is 77.2 Å². The third kappa shape index (κ3) is 6.22. The number of carbonyl (C=O) groups excluding carboxylic acids is 1. The minimum Gasteiger partial charge on any atom is -0.495 e. The quantitative estimate of drug-likeness (QED) is 0.183. The molecule has 1 heterocycles. The van der Waals surface area contributed by atoms with Crippen LogP contribution in [0.4, 0.5) is 11.4 Å². The van der Waals surface area contributed by atoms with Crippen LogP contribution in [0.5, 0.6) is 5.75 Å². The molecule has 3 aromatic carbocycles. The molecule has 0 saturated heterocycles. The minimum absolute atomic E-state index is 0.144. The fraction of sp³-hybridized carbons (Fsp3) is 0.125. The van der Waals surface area contributed by atoms with Crippen molar-refractivity contribution in [3.63, 3.8) is 0 Å². The van der Waals surface area contributed by atoms with Gasteiger partial charge in [0.1, 0.15) is 5.75 Å². The van der Waals surface area contributed by atoms with Gasteiger partial charge < -0.3 is 15.4 Å². The summed E-state index contributed by atoms with van der Waals surface area (Å²) < 4.78 is 8.43. The van der Waals surface area contributed by atoms with E-state index in [1.807, 2.05) is 59.2 Å². The van der Waals surface area contributed by atoms with Crippen LogP contribution in [-0.2, 0) is 11.3 Å². The fourth-order valence-electron chi connectivity index (χ4n) is 3.19. The van der Waals surface area contributed by atoms with Crippen LogP contribution in [0, 0.1) is 3.57 Å². The number of rotatable bonds is 9. The van der Waals surface area contributed by atoms with E-state index in [1.54, 1.807) is 25.3 Å². The maximum Gasteiger partial charge on any atom is 0.234 e. The number of nitrogens with one attached hydrogen (secondary N) is 2. The lowest BCUT2D eigenvalue weighted by Crippen LogP contribution is -2.15. The Bertz CT molecular complexity index is 1270. The number of para-hydroxylation sites is 1. The van der Waals surface area contributed by atoms with Gasteiger partial charge in [-0.3, -0.25) is 9.36 Å². The summed E-state index contributed by atoms with van der Waals surface area (Å²) in [4.78, 5) is 12.7. The van der Waals surface area contributed by atoms with E-state index in [4.69, 9.17) is 16.3 Å². The number of methoxy groups -OCH3 is 1. The molecule has 0 atom stereocenters. The molecule has 174 valence electrons. The number of nitrogens with zero attached hydrogens (tertiary/aromatic N) is 3. The van der Waals surface area contributed by atoms with Gasteiger partial charge in [0.15, 0.2) is 11.0 Å². The molecule has 10 heteroatoms. The molecule has 1 amide bonds. The fourth-order valence-corrected chi connectivity index (χ4v) is 4.49. The van der Waals surface area contributed by atoms with Crippen LogP contribution < -0.4 is 15.4 Å². The highest BCUT2D eigenvalue weighted by Crippen LogP contribution is 2.28. The first-order chi connectivity index (χ1) is 16.5. The monoisotopic (exact) mass is 605 g/mol. The van der Waals surface area contributed by atoms with Crippen LogP contribution >= 0.6 is 46.0 Å². The van der Waals surface area contributed by atoms with E-state index in [0.717, 1.165) is 17.2 Å². The number of anilines is 2. The second-order valence-electron chi connectivity index (χ2n) is 7.11. The third-order valence-electron chi connectivity index (χ3n) is 4.78. The summed E-state index contributed by atoms with van der Waals surface area (Å²) in [7, 11) is 1.54. The average Bonchev–Trinajstić information content (AvgIpc) is 3.26. The van der Waals surface area contributed by atoms with Gasteiger partial charge in [-0.1, -0.05) is 41.6 Å². The largest absolute Gasteiger partial charge is 0.495 e. The molecule has 0 fully saturated rings. The maximum atomic E-state index is 12.7. The number of halogens is 2. The number of amides is 1. The number of ether oxygens (including phenoxy) is 1. The highest BCUT2D eigenvalue weighted by Gasteiger charge is 2.16. The van der Waals surface area contributed by atoms with Gasteiger partial charge in [0.05, 0.1) is 25.1 Å². The van der Waals surface area contributed by atoms with Gasteiger partial charge in [0, 0.05) is 20.0 Å². The predicted octanol–water partition coefficient (Wildman–Crippen LogP) is 5.88. The molecule has 0 radical (unpaired) electrons. The van der Waals surface area contributed by atoms with Gasteiger partial charge in [0.2, 0.25) is 5.91 Å². The summed E-state index contributed by atoms with van der Waals surface area (Å²) in [6.07, 6.45) is 0. The lowest BCUT2D eigenvalue weighted by atomic mass is 10.3. The molecule has 7 nitrogen and oxygen atoms in total. The first kappa shape index (κ1) is 24.4. The van der Waals surface area contributed by atoms with Crippen molar-refractivity contribution < 1.29 is 9.53 Å². The highest BCUT2D eigenvalue weighted by molar-refractivity contribution is 14.1. The molecule has 0 bridgehead atoms. The van der Waals surface area contributed by atoms with Crippen molar-refractivity contribution in [3.8, 4) is 11.4 Å².